The van der Waals surface area contributed by atoms with Gasteiger partial charge in [0.25, 0.3) is 0 Å². The van der Waals surface area contributed by atoms with Gasteiger partial charge in [-0.1, -0.05) is 20.8 Å². The minimum atomic E-state index is -3.01. The third kappa shape index (κ3) is 11.1. The van der Waals surface area contributed by atoms with Gasteiger partial charge in [0.1, 0.15) is 9.84 Å². The molecule has 0 aliphatic rings. The van der Waals surface area contributed by atoms with Crippen LogP contribution >= 0.6 is 0 Å². The van der Waals surface area contributed by atoms with E-state index in [2.05, 4.69) is 10.6 Å². The van der Waals surface area contributed by atoms with E-state index in [1.807, 2.05) is 20.8 Å². The molecule has 0 radical (unpaired) electrons. The zero-order chi connectivity index (χ0) is 12.1. The topological polar surface area (TPSA) is 75.3 Å². The van der Waals surface area contributed by atoms with E-state index in [9.17, 15) is 13.2 Å². The van der Waals surface area contributed by atoms with Crippen molar-refractivity contribution in [2.45, 2.75) is 20.8 Å². The molecule has 0 aromatic heterocycles. The molecule has 0 aromatic rings. The van der Waals surface area contributed by atoms with E-state index in [1.165, 1.54) is 0 Å². The smallest absolute Gasteiger partial charge is 0.314 e. The average Bonchev–Trinajstić information content (AvgIpc) is 1.97. The van der Waals surface area contributed by atoms with Gasteiger partial charge in [0.15, 0.2) is 0 Å². The van der Waals surface area contributed by atoms with Crippen LogP contribution in [-0.4, -0.2) is 39.5 Å². The maximum atomic E-state index is 11.2. The second-order valence-corrected chi connectivity index (χ2v) is 7.06. The third-order valence-electron chi connectivity index (χ3n) is 1.54. The molecule has 0 saturated carbocycles. The van der Waals surface area contributed by atoms with Crippen molar-refractivity contribution in [3.8, 4) is 0 Å². The number of nitrogens with one attached hydrogen (secondary N) is 2. The summed E-state index contributed by atoms with van der Waals surface area (Å²) < 4.78 is 21.5. The van der Waals surface area contributed by atoms with Gasteiger partial charge in [0.2, 0.25) is 0 Å². The Balaban J connectivity index is 3.69. The molecule has 0 aliphatic heterocycles. The lowest BCUT2D eigenvalue weighted by atomic mass is 9.97. The Morgan fingerprint density at radius 2 is 1.73 bits per heavy atom. The molecule has 0 heterocycles. The summed E-state index contributed by atoms with van der Waals surface area (Å²) in [6.07, 6.45) is 1.14. The SMILES string of the molecule is CC(C)(C)CNC(=O)NCCS(C)(=O)=O. The number of carbonyl (C=O) groups is 1. The maximum absolute atomic E-state index is 11.2. The molecule has 15 heavy (non-hydrogen) atoms. The van der Waals surface area contributed by atoms with Gasteiger partial charge in [-0.05, 0) is 5.41 Å². The molecule has 0 spiro atoms. The molecule has 0 fully saturated rings. The Labute approximate surface area is 91.5 Å². The molecular formula is C9H20N2O3S. The summed E-state index contributed by atoms with van der Waals surface area (Å²) in [5.74, 6) is -0.0318. The molecule has 2 amide bonds. The van der Waals surface area contributed by atoms with Gasteiger partial charge in [-0.3, -0.25) is 0 Å². The van der Waals surface area contributed by atoms with Crippen molar-refractivity contribution in [2.24, 2.45) is 5.41 Å². The van der Waals surface area contributed by atoms with E-state index < -0.39 is 9.84 Å². The number of carbonyl (C=O) groups excluding carboxylic acids is 1. The van der Waals surface area contributed by atoms with Gasteiger partial charge in [-0.15, -0.1) is 0 Å². The summed E-state index contributed by atoms with van der Waals surface area (Å²) in [6, 6.07) is -0.325. The predicted molar refractivity (Wildman–Crippen MR) is 60.6 cm³/mol. The monoisotopic (exact) mass is 236 g/mol. The average molecular weight is 236 g/mol. The van der Waals surface area contributed by atoms with Crippen LogP contribution in [0.4, 0.5) is 4.79 Å². The Morgan fingerprint density at radius 3 is 2.13 bits per heavy atom. The van der Waals surface area contributed by atoms with E-state index >= 15 is 0 Å². The highest BCUT2D eigenvalue weighted by molar-refractivity contribution is 7.90. The van der Waals surface area contributed by atoms with Gasteiger partial charge >= 0.3 is 6.03 Å². The van der Waals surface area contributed by atoms with Crippen LogP contribution in [0.15, 0.2) is 0 Å². The van der Waals surface area contributed by atoms with Crippen molar-refractivity contribution in [1.29, 1.82) is 0 Å². The fourth-order valence-corrected chi connectivity index (χ4v) is 1.23. The zero-order valence-electron chi connectivity index (χ0n) is 9.75. The molecule has 2 N–H and O–H groups in total. The molecule has 0 atom stereocenters. The molecule has 0 rings (SSSR count). The van der Waals surface area contributed by atoms with E-state index in [0.29, 0.717) is 6.54 Å². The largest absolute Gasteiger partial charge is 0.338 e. The van der Waals surface area contributed by atoms with Crippen LogP contribution in [0.5, 0.6) is 0 Å². The van der Waals surface area contributed by atoms with Gasteiger partial charge in [-0.25, -0.2) is 13.2 Å². The van der Waals surface area contributed by atoms with E-state index in [4.69, 9.17) is 0 Å². The van der Waals surface area contributed by atoms with Crippen molar-refractivity contribution in [3.05, 3.63) is 0 Å². The fourth-order valence-electron chi connectivity index (χ4n) is 0.758. The molecule has 5 nitrogen and oxygen atoms in total. The van der Waals surface area contributed by atoms with Crippen LogP contribution < -0.4 is 10.6 Å². The Kier molecular flexibility index (Phi) is 5.07. The van der Waals surface area contributed by atoms with Crippen molar-refractivity contribution in [1.82, 2.24) is 10.6 Å². The van der Waals surface area contributed by atoms with Gasteiger partial charge < -0.3 is 10.6 Å². The van der Waals surface area contributed by atoms with E-state index in [0.717, 1.165) is 6.26 Å². The maximum Gasteiger partial charge on any atom is 0.314 e. The van der Waals surface area contributed by atoms with Crippen LogP contribution in [0, 0.1) is 5.41 Å². The van der Waals surface area contributed by atoms with Crippen molar-refractivity contribution in [3.63, 3.8) is 0 Å². The molecule has 0 aliphatic carbocycles. The van der Waals surface area contributed by atoms with Crippen molar-refractivity contribution < 1.29 is 13.2 Å². The lowest BCUT2D eigenvalue weighted by Gasteiger charge is -2.18. The number of hydrogen-bond acceptors (Lipinski definition) is 3. The van der Waals surface area contributed by atoms with Gasteiger partial charge in [0.05, 0.1) is 5.75 Å². The fraction of sp³-hybridized carbons (Fsp3) is 0.889. The second kappa shape index (κ2) is 5.34. The summed E-state index contributed by atoms with van der Waals surface area (Å²) in [5, 5.41) is 5.15. The molecule has 0 aromatic carbocycles. The van der Waals surface area contributed by atoms with Crippen LogP contribution in [-0.2, 0) is 9.84 Å². The molecular weight excluding hydrogens is 216 g/mol. The number of rotatable bonds is 4. The normalized spacial score (nSPS) is 12.3. The molecule has 0 unspecified atom stereocenters. The number of amides is 2. The standard InChI is InChI=1S/C9H20N2O3S/c1-9(2,3)7-11-8(12)10-5-6-15(4,13)14/h5-7H2,1-4H3,(H2,10,11,12). The highest BCUT2D eigenvalue weighted by Crippen LogP contribution is 2.09. The van der Waals surface area contributed by atoms with Crippen LogP contribution in [0.1, 0.15) is 20.8 Å². The van der Waals surface area contributed by atoms with Crippen LogP contribution in [0.25, 0.3) is 0 Å². The van der Waals surface area contributed by atoms with Crippen LogP contribution in [0.2, 0.25) is 0 Å². The first-order chi connectivity index (χ1) is 6.60. The lowest BCUT2D eigenvalue weighted by molar-refractivity contribution is 0.236. The number of hydrogen-bond donors (Lipinski definition) is 2. The summed E-state index contributed by atoms with van der Waals surface area (Å²) in [7, 11) is -3.01. The van der Waals surface area contributed by atoms with Gasteiger partial charge in [0, 0.05) is 19.3 Å². The van der Waals surface area contributed by atoms with Crippen LogP contribution in [0.3, 0.4) is 0 Å². The minimum Gasteiger partial charge on any atom is -0.338 e. The Bertz CT molecular complexity index is 304. The van der Waals surface area contributed by atoms with E-state index in [1.54, 1.807) is 0 Å². The van der Waals surface area contributed by atoms with Crippen molar-refractivity contribution >= 4 is 15.9 Å². The Morgan fingerprint density at radius 1 is 1.20 bits per heavy atom. The molecule has 90 valence electrons. The van der Waals surface area contributed by atoms with Crippen molar-refractivity contribution in [2.75, 3.05) is 25.1 Å². The van der Waals surface area contributed by atoms with E-state index in [-0.39, 0.29) is 23.7 Å². The first-order valence-electron chi connectivity index (χ1n) is 4.80. The summed E-state index contributed by atoms with van der Waals surface area (Å²) in [6.45, 7) is 6.71. The summed E-state index contributed by atoms with van der Waals surface area (Å²) in [5.41, 5.74) is 0.0220. The van der Waals surface area contributed by atoms with Gasteiger partial charge in [-0.2, -0.15) is 0 Å². The Hall–Kier alpha value is -0.780. The second-order valence-electron chi connectivity index (χ2n) is 4.80. The molecule has 6 heteroatoms. The minimum absolute atomic E-state index is 0.0220. The quantitative estimate of drug-likeness (QED) is 0.741. The summed E-state index contributed by atoms with van der Waals surface area (Å²) in [4.78, 5) is 11.2. The summed E-state index contributed by atoms with van der Waals surface area (Å²) >= 11 is 0. The highest BCUT2D eigenvalue weighted by Gasteiger charge is 2.11. The molecule has 0 saturated heterocycles. The third-order valence-corrected chi connectivity index (χ3v) is 2.48. The predicted octanol–water partition coefficient (Wildman–Crippen LogP) is 0.376. The number of sulfone groups is 1. The highest BCUT2D eigenvalue weighted by atomic mass is 32.2. The zero-order valence-corrected chi connectivity index (χ0v) is 10.6. The number of urea groups is 1. The lowest BCUT2D eigenvalue weighted by Crippen LogP contribution is -2.41. The first-order valence-corrected chi connectivity index (χ1v) is 6.86. The first kappa shape index (κ1) is 14.2. The molecule has 0 bridgehead atoms.